The number of benzene rings is 9. The fourth-order valence-corrected chi connectivity index (χ4v) is 9.61. The largest absolute Gasteiger partial charge is 0.310 e. The van der Waals surface area contributed by atoms with Crippen LogP contribution in [0.25, 0.3) is 71.6 Å². The van der Waals surface area contributed by atoms with Crippen molar-refractivity contribution >= 4 is 61.4 Å². The topological polar surface area (TPSA) is 8.17 Å². The summed E-state index contributed by atoms with van der Waals surface area (Å²) in [6.07, 6.45) is 0. The number of hydrogen-bond acceptors (Lipinski definition) is 2. The van der Waals surface area contributed by atoms with E-state index < -0.39 is 0 Å². The Labute approximate surface area is 324 Å². The van der Waals surface area contributed by atoms with Gasteiger partial charge in [-0.05, 0) is 112 Å². The van der Waals surface area contributed by atoms with Gasteiger partial charge >= 0.3 is 0 Å². The molecule has 3 heteroatoms. The standard InChI is InChI=1S/C52H34N2S/c1-4-14-35(15-5-1)38-30-39(37-26-28-45-44-22-10-11-24-48(44)54(49(45)33-37)41-20-8-3-9-21-41)32-43(31-38)53(40-18-6-2-7-19-40)42-27-29-46-47-23-12-16-36-17-13-25-50(52(36)47)55-51(46)34-42/h1-34H. The van der Waals surface area contributed by atoms with Crippen LogP contribution in [0.5, 0.6) is 0 Å². The van der Waals surface area contributed by atoms with E-state index in [0.717, 1.165) is 28.3 Å². The molecule has 55 heavy (non-hydrogen) atoms. The van der Waals surface area contributed by atoms with Gasteiger partial charge in [0.1, 0.15) is 0 Å². The normalized spacial score (nSPS) is 11.9. The van der Waals surface area contributed by atoms with E-state index in [0.29, 0.717) is 0 Å². The first-order valence-corrected chi connectivity index (χ1v) is 19.6. The molecular formula is C52H34N2S. The summed E-state index contributed by atoms with van der Waals surface area (Å²) in [6.45, 7) is 0. The molecule has 0 N–H and O–H groups in total. The van der Waals surface area contributed by atoms with Crippen LogP contribution in [0.2, 0.25) is 0 Å². The number of aromatic nitrogens is 1. The Balaban J connectivity index is 1.12. The molecule has 0 spiro atoms. The molecule has 0 atom stereocenters. The third-order valence-electron chi connectivity index (χ3n) is 10.9. The molecule has 9 aromatic carbocycles. The van der Waals surface area contributed by atoms with Gasteiger partial charge in [-0.3, -0.25) is 0 Å². The lowest BCUT2D eigenvalue weighted by Gasteiger charge is -2.29. The average Bonchev–Trinajstić information content (AvgIpc) is 3.58. The van der Waals surface area contributed by atoms with Gasteiger partial charge in [0.05, 0.1) is 11.0 Å². The minimum atomic E-state index is 1.11. The van der Waals surface area contributed by atoms with Crippen LogP contribution < -0.4 is 4.90 Å². The third-order valence-corrected chi connectivity index (χ3v) is 12.0. The van der Waals surface area contributed by atoms with Crippen molar-refractivity contribution < 1.29 is 0 Å². The average molecular weight is 719 g/mol. The van der Waals surface area contributed by atoms with E-state index in [4.69, 9.17) is 0 Å². The number of rotatable bonds is 6. The molecule has 0 unspecified atom stereocenters. The van der Waals surface area contributed by atoms with Gasteiger partial charge in [-0.25, -0.2) is 0 Å². The van der Waals surface area contributed by atoms with E-state index in [9.17, 15) is 0 Å². The summed E-state index contributed by atoms with van der Waals surface area (Å²) in [5.74, 6) is 0. The summed E-state index contributed by atoms with van der Waals surface area (Å²) in [7, 11) is 0. The highest BCUT2D eigenvalue weighted by Crippen LogP contribution is 2.50. The number of fused-ring (bicyclic) bond motifs is 5. The van der Waals surface area contributed by atoms with Gasteiger partial charge in [0.25, 0.3) is 0 Å². The molecule has 0 amide bonds. The lowest BCUT2D eigenvalue weighted by Crippen LogP contribution is -2.11. The molecule has 1 aliphatic heterocycles. The summed E-state index contributed by atoms with van der Waals surface area (Å²) in [4.78, 5) is 4.99. The van der Waals surface area contributed by atoms with Gasteiger partial charge in [0.2, 0.25) is 0 Å². The molecule has 1 aliphatic rings. The van der Waals surface area contributed by atoms with E-state index in [1.54, 1.807) is 0 Å². The second-order valence-electron chi connectivity index (χ2n) is 14.2. The maximum Gasteiger partial charge on any atom is 0.0547 e. The number of anilines is 3. The summed E-state index contributed by atoms with van der Waals surface area (Å²) >= 11 is 1.87. The van der Waals surface area contributed by atoms with Crippen molar-refractivity contribution in [1.82, 2.24) is 4.57 Å². The predicted octanol–water partition coefficient (Wildman–Crippen LogP) is 14.9. The van der Waals surface area contributed by atoms with Crippen molar-refractivity contribution in [1.29, 1.82) is 0 Å². The third kappa shape index (κ3) is 5.35. The van der Waals surface area contributed by atoms with Crippen LogP contribution in [-0.4, -0.2) is 4.57 Å². The van der Waals surface area contributed by atoms with Crippen molar-refractivity contribution in [2.75, 3.05) is 4.90 Å². The Hall–Kier alpha value is -6.81. The van der Waals surface area contributed by atoms with Gasteiger partial charge in [0.15, 0.2) is 0 Å². The second kappa shape index (κ2) is 12.9. The molecule has 2 nitrogen and oxygen atoms in total. The molecule has 0 saturated carbocycles. The lowest BCUT2D eigenvalue weighted by atomic mass is 9.96. The molecule has 10 aromatic rings. The van der Waals surface area contributed by atoms with E-state index in [-0.39, 0.29) is 0 Å². The van der Waals surface area contributed by atoms with Crippen LogP contribution in [0.3, 0.4) is 0 Å². The Bertz CT molecular complexity index is 3050. The van der Waals surface area contributed by atoms with Crippen LogP contribution in [-0.2, 0) is 0 Å². The summed E-state index contributed by atoms with van der Waals surface area (Å²) in [5.41, 5.74) is 14.2. The fraction of sp³-hybridized carbons (Fsp3) is 0. The highest BCUT2D eigenvalue weighted by molar-refractivity contribution is 7.99. The van der Waals surface area contributed by atoms with Gasteiger partial charge < -0.3 is 9.47 Å². The zero-order chi connectivity index (χ0) is 36.3. The summed E-state index contributed by atoms with van der Waals surface area (Å²) in [5, 5.41) is 5.14. The van der Waals surface area contributed by atoms with Gasteiger partial charge in [-0.15, -0.1) is 0 Å². The molecule has 0 saturated heterocycles. The summed E-state index contributed by atoms with van der Waals surface area (Å²) < 4.78 is 2.40. The SMILES string of the molecule is c1ccc(-c2cc(-c3ccc4c5ccccc5n(-c5ccccc5)c4c3)cc(N(c3ccccc3)c3ccc4c(c3)Sc3cccc5cccc-4c35)c2)cc1. The van der Waals surface area contributed by atoms with Crippen LogP contribution in [0, 0.1) is 0 Å². The molecule has 2 heterocycles. The molecule has 0 aliphatic carbocycles. The minimum Gasteiger partial charge on any atom is -0.310 e. The van der Waals surface area contributed by atoms with Gasteiger partial charge in [0, 0.05) is 48.7 Å². The Morgan fingerprint density at radius 3 is 1.87 bits per heavy atom. The Kier molecular flexibility index (Phi) is 7.46. The first-order chi connectivity index (χ1) is 27.3. The molecule has 258 valence electrons. The molecule has 0 radical (unpaired) electrons. The fourth-order valence-electron chi connectivity index (χ4n) is 8.43. The maximum absolute atomic E-state index is 2.41. The van der Waals surface area contributed by atoms with Crippen LogP contribution in [0.4, 0.5) is 17.1 Å². The second-order valence-corrected chi connectivity index (χ2v) is 15.3. The molecule has 1 aromatic heterocycles. The monoisotopic (exact) mass is 718 g/mol. The van der Waals surface area contributed by atoms with Crippen molar-refractivity contribution in [3.63, 3.8) is 0 Å². The molecular weight excluding hydrogens is 685 g/mol. The van der Waals surface area contributed by atoms with Crippen molar-refractivity contribution in [3.05, 3.63) is 206 Å². The first kappa shape index (κ1) is 31.7. The molecule has 11 rings (SSSR count). The zero-order valence-electron chi connectivity index (χ0n) is 29.9. The van der Waals surface area contributed by atoms with E-state index >= 15 is 0 Å². The van der Waals surface area contributed by atoms with E-state index in [2.05, 4.69) is 216 Å². The smallest absolute Gasteiger partial charge is 0.0547 e. The van der Waals surface area contributed by atoms with Crippen molar-refractivity contribution in [3.8, 4) is 39.1 Å². The highest BCUT2D eigenvalue weighted by atomic mass is 32.2. The van der Waals surface area contributed by atoms with Crippen molar-refractivity contribution in [2.45, 2.75) is 9.79 Å². The minimum absolute atomic E-state index is 1.11. The first-order valence-electron chi connectivity index (χ1n) is 18.8. The van der Waals surface area contributed by atoms with E-state index in [1.165, 1.54) is 70.2 Å². The Morgan fingerprint density at radius 2 is 1.05 bits per heavy atom. The van der Waals surface area contributed by atoms with E-state index in [1.807, 2.05) is 11.8 Å². The zero-order valence-corrected chi connectivity index (χ0v) is 30.7. The maximum atomic E-state index is 2.41. The highest BCUT2D eigenvalue weighted by Gasteiger charge is 2.22. The van der Waals surface area contributed by atoms with Gasteiger partial charge in [-0.2, -0.15) is 0 Å². The van der Waals surface area contributed by atoms with Crippen molar-refractivity contribution in [2.24, 2.45) is 0 Å². The van der Waals surface area contributed by atoms with Crippen LogP contribution >= 0.6 is 11.8 Å². The quantitative estimate of drug-likeness (QED) is 0.169. The summed E-state index contributed by atoms with van der Waals surface area (Å²) in [6, 6.07) is 75.3. The Morgan fingerprint density at radius 1 is 0.364 bits per heavy atom. The molecule has 0 bridgehead atoms. The predicted molar refractivity (Wildman–Crippen MR) is 233 cm³/mol. The van der Waals surface area contributed by atoms with Crippen LogP contribution in [0.1, 0.15) is 0 Å². The molecule has 0 fully saturated rings. The van der Waals surface area contributed by atoms with Gasteiger partial charge in [-0.1, -0.05) is 145 Å². The number of nitrogens with zero attached hydrogens (tertiary/aromatic N) is 2. The number of hydrogen-bond donors (Lipinski definition) is 0. The lowest BCUT2D eigenvalue weighted by molar-refractivity contribution is 1.18. The van der Waals surface area contributed by atoms with Crippen LogP contribution in [0.15, 0.2) is 216 Å². The number of para-hydroxylation sites is 3.